The normalized spacial score (nSPS) is 10.4. The summed E-state index contributed by atoms with van der Waals surface area (Å²) in [7, 11) is 3.28. The van der Waals surface area contributed by atoms with Gasteiger partial charge in [-0.3, -0.25) is 4.79 Å². The van der Waals surface area contributed by atoms with E-state index in [4.69, 9.17) is 9.84 Å². The number of ether oxygens (including phenoxy) is 1. The molecule has 0 spiro atoms. The molecule has 22 heavy (non-hydrogen) atoms. The predicted octanol–water partition coefficient (Wildman–Crippen LogP) is 2.65. The summed E-state index contributed by atoms with van der Waals surface area (Å²) in [5, 5.41) is 9.04. The van der Waals surface area contributed by atoms with Crippen LogP contribution in [-0.4, -0.2) is 31.7 Å². The Bertz CT molecular complexity index is 673. The molecule has 4 nitrogen and oxygen atoms in total. The Balaban J connectivity index is 2.32. The molecule has 0 radical (unpaired) electrons. The highest BCUT2D eigenvalue weighted by Crippen LogP contribution is 2.26. The average molecular weight is 303 g/mol. The molecule has 1 N–H and O–H groups in total. The summed E-state index contributed by atoms with van der Waals surface area (Å²) >= 11 is 0. The topological polar surface area (TPSA) is 49.8 Å². The van der Waals surface area contributed by atoms with Gasteiger partial charge in [0.2, 0.25) is 0 Å². The monoisotopic (exact) mass is 303 g/mol. The van der Waals surface area contributed by atoms with Crippen molar-refractivity contribution in [2.75, 3.05) is 25.7 Å². The quantitative estimate of drug-likeness (QED) is 0.834. The lowest BCUT2D eigenvalue weighted by Gasteiger charge is -2.22. The first-order valence-corrected chi connectivity index (χ1v) is 6.83. The maximum Gasteiger partial charge on any atom is 0.190 e. The largest absolute Gasteiger partial charge is 0.497 e. The number of benzene rings is 2. The van der Waals surface area contributed by atoms with Gasteiger partial charge in [-0.05, 0) is 29.8 Å². The predicted molar refractivity (Wildman–Crippen MR) is 82.9 cm³/mol. The second-order valence-electron chi connectivity index (χ2n) is 4.92. The summed E-state index contributed by atoms with van der Waals surface area (Å²) in [5.41, 5.74) is 1.28. The van der Waals surface area contributed by atoms with Crippen molar-refractivity contribution in [2.45, 2.75) is 6.54 Å². The molecule has 0 aliphatic heterocycles. The van der Waals surface area contributed by atoms with Gasteiger partial charge in [-0.1, -0.05) is 18.2 Å². The Kier molecular flexibility index (Phi) is 5.12. The summed E-state index contributed by atoms with van der Waals surface area (Å²) in [6, 6.07) is 11.7. The number of nitrogens with zero attached hydrogens (tertiary/aromatic N) is 1. The van der Waals surface area contributed by atoms with Gasteiger partial charge in [0.1, 0.15) is 18.2 Å². The van der Waals surface area contributed by atoms with E-state index in [-0.39, 0.29) is 11.3 Å². The summed E-state index contributed by atoms with van der Waals surface area (Å²) in [6.07, 6.45) is 0. The number of aliphatic hydroxyl groups excluding tert-OH is 1. The standard InChI is InChI=1S/C17H18FNO3/c1-19(10-12-5-3-6-13(9-12)22-2)17-14(16(21)11-20)7-4-8-15(17)18/h3-9,20H,10-11H2,1-2H3. The minimum Gasteiger partial charge on any atom is -0.497 e. The maximum absolute atomic E-state index is 14.1. The smallest absolute Gasteiger partial charge is 0.190 e. The number of carbonyl (C=O) groups is 1. The fourth-order valence-corrected chi connectivity index (χ4v) is 2.34. The van der Waals surface area contributed by atoms with E-state index >= 15 is 0 Å². The van der Waals surface area contributed by atoms with Crippen LogP contribution in [0.1, 0.15) is 15.9 Å². The van der Waals surface area contributed by atoms with Crippen LogP contribution in [0.3, 0.4) is 0 Å². The highest BCUT2D eigenvalue weighted by Gasteiger charge is 2.18. The van der Waals surface area contributed by atoms with E-state index in [9.17, 15) is 9.18 Å². The Morgan fingerprint density at radius 3 is 2.68 bits per heavy atom. The van der Waals surface area contributed by atoms with Crippen molar-refractivity contribution in [3.63, 3.8) is 0 Å². The van der Waals surface area contributed by atoms with E-state index in [1.54, 1.807) is 19.1 Å². The van der Waals surface area contributed by atoms with Crippen molar-refractivity contribution in [3.05, 3.63) is 59.4 Å². The number of aliphatic hydroxyl groups is 1. The fraction of sp³-hybridized carbons (Fsp3) is 0.235. The van der Waals surface area contributed by atoms with Gasteiger partial charge < -0.3 is 14.7 Å². The second-order valence-corrected chi connectivity index (χ2v) is 4.92. The van der Waals surface area contributed by atoms with Crippen LogP contribution < -0.4 is 9.64 Å². The third-order valence-corrected chi connectivity index (χ3v) is 3.37. The first-order chi connectivity index (χ1) is 10.6. The number of Topliss-reactive ketones (excluding diaryl/α,β-unsaturated/α-hetero) is 1. The van der Waals surface area contributed by atoms with Crippen LogP contribution in [0.4, 0.5) is 10.1 Å². The molecular formula is C17H18FNO3. The van der Waals surface area contributed by atoms with E-state index in [0.717, 1.165) is 5.56 Å². The third kappa shape index (κ3) is 3.43. The molecule has 0 amide bonds. The molecule has 0 aliphatic carbocycles. The number of para-hydroxylation sites is 1. The number of anilines is 1. The van der Waals surface area contributed by atoms with E-state index in [2.05, 4.69) is 0 Å². The number of halogens is 1. The molecule has 2 aromatic rings. The minimum atomic E-state index is -0.649. The Morgan fingerprint density at radius 2 is 2.00 bits per heavy atom. The molecule has 0 aliphatic rings. The lowest BCUT2D eigenvalue weighted by Crippen LogP contribution is -2.21. The van der Waals surface area contributed by atoms with Crippen LogP contribution in [0.2, 0.25) is 0 Å². The van der Waals surface area contributed by atoms with Gasteiger partial charge in [-0.2, -0.15) is 0 Å². The zero-order valence-corrected chi connectivity index (χ0v) is 12.5. The second kappa shape index (κ2) is 7.04. The van der Waals surface area contributed by atoms with Gasteiger partial charge in [-0.15, -0.1) is 0 Å². The summed E-state index contributed by atoms with van der Waals surface area (Å²) in [4.78, 5) is 13.4. The van der Waals surface area contributed by atoms with E-state index in [1.807, 2.05) is 24.3 Å². The molecule has 0 bridgehead atoms. The lowest BCUT2D eigenvalue weighted by molar-refractivity contribution is 0.0904. The lowest BCUT2D eigenvalue weighted by atomic mass is 10.1. The van der Waals surface area contributed by atoms with E-state index in [1.165, 1.54) is 18.2 Å². The molecule has 116 valence electrons. The molecule has 2 aromatic carbocycles. The summed E-state index contributed by atoms with van der Waals surface area (Å²) in [5.74, 6) is -0.289. The minimum absolute atomic E-state index is 0.174. The first-order valence-electron chi connectivity index (χ1n) is 6.83. The number of hydrogen-bond donors (Lipinski definition) is 1. The summed E-state index contributed by atoms with van der Waals surface area (Å²) in [6.45, 7) is -0.243. The van der Waals surface area contributed by atoms with Crippen molar-refractivity contribution < 1.29 is 19.0 Å². The van der Waals surface area contributed by atoms with Gasteiger partial charge in [-0.25, -0.2) is 4.39 Å². The molecule has 0 saturated heterocycles. The number of rotatable bonds is 6. The number of methoxy groups -OCH3 is 1. The van der Waals surface area contributed by atoms with Crippen LogP contribution in [0.15, 0.2) is 42.5 Å². The SMILES string of the molecule is COc1cccc(CN(C)c2c(F)cccc2C(=O)CO)c1. The molecule has 0 saturated carbocycles. The van der Waals surface area contributed by atoms with Gasteiger partial charge in [0.05, 0.1) is 12.8 Å². The average Bonchev–Trinajstić information content (AvgIpc) is 2.53. The Morgan fingerprint density at radius 1 is 1.27 bits per heavy atom. The zero-order chi connectivity index (χ0) is 16.1. The number of carbonyl (C=O) groups excluding carboxylic acids is 1. The van der Waals surface area contributed by atoms with E-state index < -0.39 is 18.2 Å². The molecule has 2 rings (SSSR count). The third-order valence-electron chi connectivity index (χ3n) is 3.37. The van der Waals surface area contributed by atoms with Crippen molar-refractivity contribution in [3.8, 4) is 5.75 Å². The van der Waals surface area contributed by atoms with Crippen LogP contribution in [0, 0.1) is 5.82 Å². The Labute approximate surface area is 128 Å². The van der Waals surface area contributed by atoms with Crippen LogP contribution in [0.5, 0.6) is 5.75 Å². The molecule has 0 fully saturated rings. The van der Waals surface area contributed by atoms with Gasteiger partial charge in [0, 0.05) is 19.2 Å². The van der Waals surface area contributed by atoms with Gasteiger partial charge in [0.15, 0.2) is 5.78 Å². The molecular weight excluding hydrogens is 285 g/mol. The van der Waals surface area contributed by atoms with Crippen molar-refractivity contribution >= 4 is 11.5 Å². The Hall–Kier alpha value is -2.40. The van der Waals surface area contributed by atoms with Gasteiger partial charge in [0.25, 0.3) is 0 Å². The molecule has 0 atom stereocenters. The number of hydrogen-bond acceptors (Lipinski definition) is 4. The summed E-state index contributed by atoms with van der Waals surface area (Å²) < 4.78 is 19.3. The van der Waals surface area contributed by atoms with Crippen LogP contribution >= 0.6 is 0 Å². The molecule has 0 aromatic heterocycles. The zero-order valence-electron chi connectivity index (χ0n) is 12.5. The number of ketones is 1. The first kappa shape index (κ1) is 16.0. The maximum atomic E-state index is 14.1. The molecule has 0 unspecified atom stereocenters. The van der Waals surface area contributed by atoms with Crippen LogP contribution in [-0.2, 0) is 6.54 Å². The van der Waals surface area contributed by atoms with Gasteiger partial charge >= 0.3 is 0 Å². The van der Waals surface area contributed by atoms with Crippen molar-refractivity contribution in [2.24, 2.45) is 0 Å². The highest BCUT2D eigenvalue weighted by atomic mass is 19.1. The highest BCUT2D eigenvalue weighted by molar-refractivity contribution is 6.02. The van der Waals surface area contributed by atoms with Crippen LogP contribution in [0.25, 0.3) is 0 Å². The fourth-order valence-electron chi connectivity index (χ4n) is 2.34. The van der Waals surface area contributed by atoms with E-state index in [0.29, 0.717) is 12.3 Å². The van der Waals surface area contributed by atoms with Crippen molar-refractivity contribution in [1.82, 2.24) is 0 Å². The molecule has 0 heterocycles. The van der Waals surface area contributed by atoms with Crippen molar-refractivity contribution in [1.29, 1.82) is 0 Å². The molecule has 5 heteroatoms.